The molecule has 11 nitrogen and oxygen atoms in total. The fraction of sp³-hybridized carbons (Fsp3) is 0.222. The second kappa shape index (κ2) is 12.2. The van der Waals surface area contributed by atoms with E-state index in [-0.39, 0.29) is 16.9 Å². The molecule has 2 amide bonds. The standard InChI is InChI=1S/C27H26Cl2N8O3/c1-5-24(38)37(22-16-19(28)11-12-21(22)36-17-30-33-34-36)27(2,3)14-13-18-15-23(31-32-25(18)29)40-26(39)35(4)20-9-7-6-8-10-20/h5-12,15-17H,1,13-14H2,2-4H3. The number of halogens is 2. The third-order valence-electron chi connectivity index (χ3n) is 6.19. The summed E-state index contributed by atoms with van der Waals surface area (Å²) in [6.45, 7) is 7.48. The van der Waals surface area contributed by atoms with E-state index >= 15 is 0 Å². The monoisotopic (exact) mass is 580 g/mol. The average Bonchev–Trinajstić information content (AvgIpc) is 3.48. The van der Waals surface area contributed by atoms with E-state index in [4.69, 9.17) is 27.9 Å². The Hall–Kier alpha value is -4.35. The first-order valence-electron chi connectivity index (χ1n) is 12.1. The highest BCUT2D eigenvalue weighted by molar-refractivity contribution is 6.31. The molecule has 4 aromatic rings. The molecular formula is C27H26Cl2N8O3. The topological polar surface area (TPSA) is 119 Å². The molecule has 4 rings (SSSR count). The molecule has 0 radical (unpaired) electrons. The van der Waals surface area contributed by atoms with Gasteiger partial charge in [0.05, 0.1) is 11.4 Å². The second-order valence-electron chi connectivity index (χ2n) is 9.34. The lowest BCUT2D eigenvalue weighted by molar-refractivity contribution is -0.115. The molecule has 0 bridgehead atoms. The smallest absolute Gasteiger partial charge is 0.389 e. The van der Waals surface area contributed by atoms with Gasteiger partial charge in [-0.25, -0.2) is 4.79 Å². The number of amides is 2. The molecule has 13 heteroatoms. The average molecular weight is 581 g/mol. The van der Waals surface area contributed by atoms with E-state index in [1.54, 1.807) is 48.3 Å². The number of carbonyl (C=O) groups is 2. The Morgan fingerprint density at radius 2 is 1.85 bits per heavy atom. The maximum absolute atomic E-state index is 13.2. The highest BCUT2D eigenvalue weighted by Gasteiger charge is 2.33. The van der Waals surface area contributed by atoms with E-state index in [1.165, 1.54) is 22.0 Å². The summed E-state index contributed by atoms with van der Waals surface area (Å²) in [4.78, 5) is 28.8. The van der Waals surface area contributed by atoms with Gasteiger partial charge in [-0.2, -0.15) is 4.68 Å². The van der Waals surface area contributed by atoms with Crippen LogP contribution >= 0.6 is 23.2 Å². The zero-order chi connectivity index (χ0) is 28.9. The van der Waals surface area contributed by atoms with Gasteiger partial charge >= 0.3 is 6.09 Å². The van der Waals surface area contributed by atoms with Crippen molar-refractivity contribution in [3.05, 3.63) is 89.3 Å². The summed E-state index contributed by atoms with van der Waals surface area (Å²) >= 11 is 12.7. The van der Waals surface area contributed by atoms with Crippen LogP contribution in [0.2, 0.25) is 10.2 Å². The minimum Gasteiger partial charge on any atom is -0.389 e. The van der Waals surface area contributed by atoms with E-state index in [9.17, 15) is 9.59 Å². The summed E-state index contributed by atoms with van der Waals surface area (Å²) < 4.78 is 6.89. The first kappa shape index (κ1) is 28.7. The fourth-order valence-electron chi connectivity index (χ4n) is 4.06. The molecule has 0 spiro atoms. The normalized spacial score (nSPS) is 11.1. The number of para-hydroxylation sites is 1. The molecule has 0 saturated heterocycles. The van der Waals surface area contributed by atoms with E-state index < -0.39 is 11.6 Å². The Labute approximate surface area is 241 Å². The third-order valence-corrected chi connectivity index (χ3v) is 6.74. The van der Waals surface area contributed by atoms with Crippen molar-refractivity contribution in [1.82, 2.24) is 30.4 Å². The van der Waals surface area contributed by atoms with Crippen molar-refractivity contribution in [3.8, 4) is 11.6 Å². The highest BCUT2D eigenvalue weighted by Crippen LogP contribution is 2.35. The van der Waals surface area contributed by atoms with Gasteiger partial charge in [0.25, 0.3) is 5.91 Å². The SMILES string of the molecule is C=CC(=O)N(c1cc(Cl)ccc1-n1cnnn1)C(C)(C)CCc1cc(OC(=O)N(C)c2ccccc2)nnc1Cl. The lowest BCUT2D eigenvalue weighted by Crippen LogP contribution is -2.48. The van der Waals surface area contributed by atoms with E-state index in [0.29, 0.717) is 40.5 Å². The van der Waals surface area contributed by atoms with E-state index in [0.717, 1.165) is 0 Å². The lowest BCUT2D eigenvalue weighted by Gasteiger charge is -2.39. The van der Waals surface area contributed by atoms with Crippen molar-refractivity contribution in [2.75, 3.05) is 16.8 Å². The molecule has 2 heterocycles. The molecule has 0 fully saturated rings. The maximum atomic E-state index is 13.2. The van der Waals surface area contributed by atoms with Crippen molar-refractivity contribution < 1.29 is 14.3 Å². The Kier molecular flexibility index (Phi) is 8.76. The van der Waals surface area contributed by atoms with Crippen LogP contribution in [0.25, 0.3) is 5.69 Å². The largest absolute Gasteiger partial charge is 0.420 e. The summed E-state index contributed by atoms with van der Waals surface area (Å²) in [5.41, 5.74) is 1.51. The Morgan fingerprint density at radius 3 is 2.52 bits per heavy atom. The molecule has 40 heavy (non-hydrogen) atoms. The van der Waals surface area contributed by atoms with Gasteiger partial charge < -0.3 is 9.64 Å². The fourth-order valence-corrected chi connectivity index (χ4v) is 4.42. The number of hydrogen-bond donors (Lipinski definition) is 0. The van der Waals surface area contributed by atoms with Gasteiger partial charge in [-0.05, 0) is 79.1 Å². The third kappa shape index (κ3) is 6.44. The van der Waals surface area contributed by atoms with Crippen LogP contribution in [0.4, 0.5) is 16.2 Å². The molecule has 0 N–H and O–H groups in total. The summed E-state index contributed by atoms with van der Waals surface area (Å²) in [7, 11) is 1.59. The molecule has 0 aliphatic heterocycles. The van der Waals surface area contributed by atoms with Crippen molar-refractivity contribution in [2.24, 2.45) is 0 Å². The number of nitrogens with zero attached hydrogens (tertiary/aromatic N) is 8. The van der Waals surface area contributed by atoms with Crippen LogP contribution in [0.5, 0.6) is 5.88 Å². The van der Waals surface area contributed by atoms with Gasteiger partial charge in [-0.1, -0.05) is 48.0 Å². The zero-order valence-corrected chi connectivity index (χ0v) is 23.5. The molecule has 2 aromatic heterocycles. The lowest BCUT2D eigenvalue weighted by atomic mass is 9.92. The summed E-state index contributed by atoms with van der Waals surface area (Å²) in [5.74, 6) is -0.348. The molecule has 206 valence electrons. The minimum absolute atomic E-state index is 0.000166. The van der Waals surface area contributed by atoms with Crippen LogP contribution in [0.1, 0.15) is 25.8 Å². The molecule has 0 aliphatic carbocycles. The first-order chi connectivity index (χ1) is 19.1. The number of aryl methyl sites for hydroxylation is 1. The molecule has 0 saturated carbocycles. The van der Waals surface area contributed by atoms with Gasteiger partial charge in [0, 0.05) is 29.4 Å². The van der Waals surface area contributed by atoms with Gasteiger partial charge in [-0.15, -0.1) is 15.3 Å². The number of rotatable bonds is 9. The van der Waals surface area contributed by atoms with Crippen LogP contribution in [0.3, 0.4) is 0 Å². The number of benzene rings is 2. The van der Waals surface area contributed by atoms with Gasteiger partial charge in [-0.3, -0.25) is 9.69 Å². The summed E-state index contributed by atoms with van der Waals surface area (Å²) in [5, 5.41) is 19.8. The van der Waals surface area contributed by atoms with E-state index in [1.807, 2.05) is 32.0 Å². The first-order valence-corrected chi connectivity index (χ1v) is 12.9. The van der Waals surface area contributed by atoms with Crippen LogP contribution in [-0.2, 0) is 11.2 Å². The van der Waals surface area contributed by atoms with Crippen LogP contribution in [-0.4, -0.2) is 55.0 Å². The number of ether oxygens (including phenoxy) is 1. The molecular weight excluding hydrogens is 555 g/mol. The predicted octanol–water partition coefficient (Wildman–Crippen LogP) is 5.32. The second-order valence-corrected chi connectivity index (χ2v) is 10.1. The number of hydrogen-bond acceptors (Lipinski definition) is 8. The number of anilines is 2. The van der Waals surface area contributed by atoms with Gasteiger partial charge in [0.15, 0.2) is 5.15 Å². The molecule has 0 atom stereocenters. The van der Waals surface area contributed by atoms with Gasteiger partial charge in [0.2, 0.25) is 5.88 Å². The number of aromatic nitrogens is 6. The maximum Gasteiger partial charge on any atom is 0.420 e. The Balaban J connectivity index is 1.58. The number of carbonyl (C=O) groups excluding carboxylic acids is 2. The van der Waals surface area contributed by atoms with Crippen molar-refractivity contribution in [1.29, 1.82) is 0 Å². The van der Waals surface area contributed by atoms with Crippen LogP contribution in [0, 0.1) is 0 Å². The molecule has 0 unspecified atom stereocenters. The van der Waals surface area contributed by atoms with E-state index in [2.05, 4.69) is 32.3 Å². The van der Waals surface area contributed by atoms with Crippen molar-refractivity contribution in [3.63, 3.8) is 0 Å². The highest BCUT2D eigenvalue weighted by atomic mass is 35.5. The summed E-state index contributed by atoms with van der Waals surface area (Å²) in [6.07, 6.45) is 2.83. The quantitative estimate of drug-likeness (QED) is 0.244. The predicted molar refractivity (Wildman–Crippen MR) is 152 cm³/mol. The van der Waals surface area contributed by atoms with Gasteiger partial charge in [0.1, 0.15) is 6.33 Å². The zero-order valence-electron chi connectivity index (χ0n) is 22.0. The van der Waals surface area contributed by atoms with Crippen molar-refractivity contribution in [2.45, 2.75) is 32.2 Å². The minimum atomic E-state index is -0.782. The van der Waals surface area contributed by atoms with Crippen LogP contribution in [0.15, 0.2) is 73.6 Å². The molecule has 0 aliphatic rings. The van der Waals surface area contributed by atoms with Crippen molar-refractivity contribution >= 4 is 46.6 Å². The Bertz CT molecular complexity index is 1510. The Morgan fingerprint density at radius 1 is 1.10 bits per heavy atom. The number of tetrazole rings is 1. The summed E-state index contributed by atoms with van der Waals surface area (Å²) in [6, 6.07) is 15.7. The van der Waals surface area contributed by atoms with Crippen LogP contribution < -0.4 is 14.5 Å². The molecule has 2 aromatic carbocycles.